The summed E-state index contributed by atoms with van der Waals surface area (Å²) >= 11 is 0. The Hall–Kier alpha value is -0.610. The Bertz CT molecular complexity index is 242. The van der Waals surface area contributed by atoms with Gasteiger partial charge >= 0.3 is 5.97 Å². The zero-order chi connectivity index (χ0) is 9.69. The molecule has 4 nitrogen and oxygen atoms in total. The summed E-state index contributed by atoms with van der Waals surface area (Å²) in [4.78, 5) is 10.9. The maximum absolute atomic E-state index is 10.9. The monoisotopic (exact) mass is 186 g/mol. The Morgan fingerprint density at radius 3 is 2.38 bits per heavy atom. The molecule has 4 heteroatoms. The number of rotatable bonds is 2. The highest BCUT2D eigenvalue weighted by molar-refractivity contribution is 5.78. The van der Waals surface area contributed by atoms with Gasteiger partial charge in [-0.05, 0) is 26.7 Å². The van der Waals surface area contributed by atoms with E-state index >= 15 is 0 Å². The van der Waals surface area contributed by atoms with Gasteiger partial charge in [-0.2, -0.15) is 0 Å². The number of hydrogen-bond acceptors (Lipinski definition) is 3. The highest BCUT2D eigenvalue weighted by Crippen LogP contribution is 2.52. The van der Waals surface area contributed by atoms with Gasteiger partial charge in [-0.15, -0.1) is 0 Å². The summed E-state index contributed by atoms with van der Waals surface area (Å²) in [6.45, 7) is 4.02. The van der Waals surface area contributed by atoms with Crippen LogP contribution in [-0.4, -0.2) is 29.6 Å². The van der Waals surface area contributed by atoms with Crippen molar-refractivity contribution in [2.45, 2.75) is 38.6 Å². The Labute approximate surface area is 76.8 Å². The molecule has 0 spiro atoms. The first-order valence-electron chi connectivity index (χ1n) is 4.51. The maximum Gasteiger partial charge on any atom is 0.312 e. The fourth-order valence-corrected chi connectivity index (χ4v) is 1.77. The van der Waals surface area contributed by atoms with Crippen molar-refractivity contribution < 1.29 is 19.4 Å². The second-order valence-corrected chi connectivity index (χ2v) is 4.28. The molecule has 1 aliphatic heterocycles. The van der Waals surface area contributed by atoms with Crippen LogP contribution in [0.15, 0.2) is 0 Å². The van der Waals surface area contributed by atoms with Crippen LogP contribution in [0.4, 0.5) is 0 Å². The van der Waals surface area contributed by atoms with Gasteiger partial charge in [-0.25, -0.2) is 0 Å². The number of carboxylic acid groups (broad SMARTS) is 1. The van der Waals surface area contributed by atoms with Gasteiger partial charge < -0.3 is 14.6 Å². The van der Waals surface area contributed by atoms with E-state index in [1.165, 1.54) is 0 Å². The largest absolute Gasteiger partial charge is 0.481 e. The lowest BCUT2D eigenvalue weighted by atomic mass is 10.0. The molecule has 0 aromatic rings. The van der Waals surface area contributed by atoms with Crippen LogP contribution in [0.5, 0.6) is 0 Å². The molecular formula is C9H14O4. The SMILES string of the molecule is CC1(C)OCC(C2(C(=O)O)CC2)O1. The lowest BCUT2D eigenvalue weighted by Crippen LogP contribution is -2.33. The lowest BCUT2D eigenvalue weighted by Gasteiger charge is -2.20. The average molecular weight is 186 g/mol. The number of carboxylic acids is 1. The van der Waals surface area contributed by atoms with Crippen molar-refractivity contribution in [1.82, 2.24) is 0 Å². The molecule has 74 valence electrons. The molecule has 1 atom stereocenters. The predicted octanol–water partition coefficient (Wildman–Crippen LogP) is 1.00. The molecule has 0 radical (unpaired) electrons. The second-order valence-electron chi connectivity index (χ2n) is 4.28. The summed E-state index contributed by atoms with van der Waals surface area (Å²) in [5.41, 5.74) is -0.645. The third kappa shape index (κ3) is 1.34. The minimum Gasteiger partial charge on any atom is -0.481 e. The van der Waals surface area contributed by atoms with Crippen LogP contribution in [0.2, 0.25) is 0 Å². The summed E-state index contributed by atoms with van der Waals surface area (Å²) in [7, 11) is 0. The molecule has 1 saturated carbocycles. The van der Waals surface area contributed by atoms with E-state index in [-0.39, 0.29) is 6.10 Å². The van der Waals surface area contributed by atoms with Crippen molar-refractivity contribution >= 4 is 5.97 Å². The minimum absolute atomic E-state index is 0.264. The van der Waals surface area contributed by atoms with E-state index in [0.29, 0.717) is 19.4 Å². The van der Waals surface area contributed by atoms with Gasteiger partial charge in [0.05, 0.1) is 12.0 Å². The van der Waals surface area contributed by atoms with E-state index < -0.39 is 17.2 Å². The molecule has 2 rings (SSSR count). The minimum atomic E-state index is -0.751. The zero-order valence-corrected chi connectivity index (χ0v) is 7.87. The van der Waals surface area contributed by atoms with Crippen LogP contribution >= 0.6 is 0 Å². The Morgan fingerprint density at radius 2 is 2.08 bits per heavy atom. The normalized spacial score (nSPS) is 34.5. The van der Waals surface area contributed by atoms with E-state index in [1.807, 2.05) is 13.8 Å². The molecule has 1 N–H and O–H groups in total. The zero-order valence-electron chi connectivity index (χ0n) is 7.87. The summed E-state index contributed by atoms with van der Waals surface area (Å²) < 4.78 is 10.9. The van der Waals surface area contributed by atoms with Gasteiger partial charge in [-0.3, -0.25) is 4.79 Å². The van der Waals surface area contributed by atoms with Gasteiger partial charge in [0.1, 0.15) is 6.10 Å². The molecule has 1 aliphatic carbocycles. The van der Waals surface area contributed by atoms with Crippen molar-refractivity contribution in [2.75, 3.05) is 6.61 Å². The van der Waals surface area contributed by atoms with Crippen molar-refractivity contribution in [3.63, 3.8) is 0 Å². The third-order valence-corrected chi connectivity index (χ3v) is 2.84. The molecule has 1 saturated heterocycles. The van der Waals surface area contributed by atoms with Crippen LogP contribution in [0.25, 0.3) is 0 Å². The maximum atomic E-state index is 10.9. The summed E-state index contributed by atoms with van der Waals surface area (Å²) in [6.07, 6.45) is 1.17. The molecular weight excluding hydrogens is 172 g/mol. The average Bonchev–Trinajstić information content (AvgIpc) is 2.73. The van der Waals surface area contributed by atoms with E-state index in [9.17, 15) is 4.79 Å². The number of aliphatic carboxylic acids is 1. The molecule has 0 amide bonds. The molecule has 0 aromatic carbocycles. The van der Waals surface area contributed by atoms with Gasteiger partial charge in [0.2, 0.25) is 0 Å². The van der Waals surface area contributed by atoms with Crippen LogP contribution in [0.3, 0.4) is 0 Å². The Morgan fingerprint density at radius 1 is 1.46 bits per heavy atom. The number of ether oxygens (including phenoxy) is 2. The summed E-state index contributed by atoms with van der Waals surface area (Å²) in [5, 5.41) is 9.00. The second kappa shape index (κ2) is 2.45. The van der Waals surface area contributed by atoms with Crippen molar-refractivity contribution in [2.24, 2.45) is 5.41 Å². The molecule has 0 bridgehead atoms. The molecule has 2 fully saturated rings. The van der Waals surface area contributed by atoms with Crippen molar-refractivity contribution in [3.05, 3.63) is 0 Å². The smallest absolute Gasteiger partial charge is 0.312 e. The van der Waals surface area contributed by atoms with Crippen molar-refractivity contribution in [1.29, 1.82) is 0 Å². The van der Waals surface area contributed by atoms with E-state index in [4.69, 9.17) is 14.6 Å². The summed E-state index contributed by atoms with van der Waals surface area (Å²) in [6, 6.07) is 0. The highest BCUT2D eigenvalue weighted by Gasteiger charge is 2.60. The Kier molecular flexibility index (Phi) is 1.69. The van der Waals surface area contributed by atoms with Crippen molar-refractivity contribution in [3.8, 4) is 0 Å². The fraction of sp³-hybridized carbons (Fsp3) is 0.889. The fourth-order valence-electron chi connectivity index (χ4n) is 1.77. The van der Waals surface area contributed by atoms with E-state index in [0.717, 1.165) is 0 Å². The highest BCUT2D eigenvalue weighted by atomic mass is 16.7. The van der Waals surface area contributed by atoms with Crippen LogP contribution in [0, 0.1) is 5.41 Å². The molecule has 1 heterocycles. The first-order valence-corrected chi connectivity index (χ1v) is 4.51. The van der Waals surface area contributed by atoms with Gasteiger partial charge in [0, 0.05) is 0 Å². The van der Waals surface area contributed by atoms with Gasteiger partial charge in [-0.1, -0.05) is 0 Å². The first kappa shape index (κ1) is 8.97. The molecule has 2 aliphatic rings. The topological polar surface area (TPSA) is 55.8 Å². The number of carbonyl (C=O) groups is 1. The molecule has 13 heavy (non-hydrogen) atoms. The molecule has 0 aromatic heterocycles. The molecule has 1 unspecified atom stereocenters. The van der Waals surface area contributed by atoms with Gasteiger partial charge in [0.15, 0.2) is 5.79 Å². The van der Waals surface area contributed by atoms with Crippen LogP contribution in [-0.2, 0) is 14.3 Å². The van der Waals surface area contributed by atoms with Gasteiger partial charge in [0.25, 0.3) is 0 Å². The van der Waals surface area contributed by atoms with Crippen LogP contribution in [0.1, 0.15) is 26.7 Å². The lowest BCUT2D eigenvalue weighted by molar-refractivity contribution is -0.162. The standard InChI is InChI=1S/C9H14O4/c1-8(2)12-5-6(13-8)9(3-4-9)7(10)11/h6H,3-5H2,1-2H3,(H,10,11). The first-order chi connectivity index (χ1) is 5.96. The quantitative estimate of drug-likeness (QED) is 0.699. The third-order valence-electron chi connectivity index (χ3n) is 2.84. The Balaban J connectivity index is 2.08. The predicted molar refractivity (Wildman–Crippen MR) is 44.2 cm³/mol. The summed E-state index contributed by atoms with van der Waals surface area (Å²) in [5.74, 6) is -1.37. The van der Waals surface area contributed by atoms with E-state index in [1.54, 1.807) is 0 Å². The number of hydrogen-bond donors (Lipinski definition) is 1. The van der Waals surface area contributed by atoms with Crippen LogP contribution < -0.4 is 0 Å². The van der Waals surface area contributed by atoms with E-state index in [2.05, 4.69) is 0 Å².